The van der Waals surface area contributed by atoms with Crippen molar-refractivity contribution in [1.82, 2.24) is 4.90 Å². The van der Waals surface area contributed by atoms with Gasteiger partial charge in [0.15, 0.2) is 0 Å². The van der Waals surface area contributed by atoms with Gasteiger partial charge in [0.2, 0.25) is 0 Å². The summed E-state index contributed by atoms with van der Waals surface area (Å²) in [5.74, 6) is -0.132. The van der Waals surface area contributed by atoms with Crippen LogP contribution in [-0.2, 0) is 13.0 Å². The zero-order valence-electron chi connectivity index (χ0n) is 12.6. The third kappa shape index (κ3) is 2.93. The molecule has 1 atom stereocenters. The van der Waals surface area contributed by atoms with Gasteiger partial charge in [-0.3, -0.25) is 4.90 Å². The minimum atomic E-state index is -0.132. The molecule has 3 heteroatoms. The highest BCUT2D eigenvalue weighted by Crippen LogP contribution is 2.26. The molecule has 0 fully saturated rings. The highest BCUT2D eigenvalue weighted by molar-refractivity contribution is 5.57. The summed E-state index contributed by atoms with van der Waals surface area (Å²) in [4.78, 5) is 2.18. The molecule has 2 aromatic carbocycles. The Morgan fingerprint density at radius 1 is 1.24 bits per heavy atom. The maximum Gasteiger partial charge on any atom is 0.127 e. The van der Waals surface area contributed by atoms with Gasteiger partial charge in [-0.05, 0) is 43.7 Å². The Hall–Kier alpha value is -1.87. The molecule has 0 aromatic heterocycles. The van der Waals surface area contributed by atoms with Crippen molar-refractivity contribution < 1.29 is 4.39 Å². The van der Waals surface area contributed by atoms with E-state index >= 15 is 0 Å². The molecule has 0 bridgehead atoms. The van der Waals surface area contributed by atoms with E-state index in [1.54, 1.807) is 6.07 Å². The number of hydrogen-bond donors (Lipinski definition) is 1. The summed E-state index contributed by atoms with van der Waals surface area (Å²) >= 11 is 0. The number of hydrogen-bond acceptors (Lipinski definition) is 2. The molecule has 1 N–H and O–H groups in total. The van der Waals surface area contributed by atoms with Gasteiger partial charge in [0, 0.05) is 30.4 Å². The fraction of sp³-hybridized carbons (Fsp3) is 0.333. The quantitative estimate of drug-likeness (QED) is 0.913. The number of nitrogens with zero attached hydrogens (tertiary/aromatic N) is 1. The summed E-state index contributed by atoms with van der Waals surface area (Å²) in [7, 11) is 2.04. The van der Waals surface area contributed by atoms with Crippen molar-refractivity contribution in [1.29, 1.82) is 0 Å². The van der Waals surface area contributed by atoms with Crippen molar-refractivity contribution >= 4 is 5.69 Å². The molecule has 2 aromatic rings. The first-order valence-electron chi connectivity index (χ1n) is 7.45. The molecule has 1 heterocycles. The highest BCUT2D eigenvalue weighted by Gasteiger charge is 2.16. The summed E-state index contributed by atoms with van der Waals surface area (Å²) in [6.45, 7) is 3.88. The lowest BCUT2D eigenvalue weighted by molar-refractivity contribution is 0.248. The highest BCUT2D eigenvalue weighted by atomic mass is 19.1. The van der Waals surface area contributed by atoms with Crippen LogP contribution in [0.15, 0.2) is 42.5 Å². The van der Waals surface area contributed by atoms with Gasteiger partial charge in [0.1, 0.15) is 5.82 Å². The van der Waals surface area contributed by atoms with Crippen molar-refractivity contribution in [2.45, 2.75) is 25.9 Å². The largest absolute Gasteiger partial charge is 0.384 e. The Balaban J connectivity index is 1.74. The Kier molecular flexibility index (Phi) is 3.93. The van der Waals surface area contributed by atoms with Gasteiger partial charge >= 0.3 is 0 Å². The number of rotatable bonds is 4. The van der Waals surface area contributed by atoms with E-state index in [4.69, 9.17) is 0 Å². The van der Waals surface area contributed by atoms with Crippen LogP contribution in [0.25, 0.3) is 0 Å². The second-order valence-corrected chi connectivity index (χ2v) is 5.78. The third-order valence-electron chi connectivity index (χ3n) is 4.33. The molecule has 110 valence electrons. The van der Waals surface area contributed by atoms with E-state index in [1.165, 1.54) is 22.9 Å². The predicted molar refractivity (Wildman–Crippen MR) is 84.9 cm³/mol. The lowest BCUT2D eigenvalue weighted by Gasteiger charge is -2.25. The number of anilines is 1. The molecule has 0 spiro atoms. The standard InChI is InChI=1S/C18H21FN2/c1-13(16-5-3-4-6-17(16)19)21(2)12-14-7-8-15-9-10-20-18(15)11-14/h3-8,11,13,20H,9-10,12H2,1-2H3. The second-order valence-electron chi connectivity index (χ2n) is 5.78. The summed E-state index contributed by atoms with van der Waals surface area (Å²) in [5, 5.41) is 3.41. The predicted octanol–water partition coefficient (Wildman–Crippen LogP) is 3.99. The van der Waals surface area contributed by atoms with Crippen molar-refractivity contribution in [2.24, 2.45) is 0 Å². The molecular weight excluding hydrogens is 263 g/mol. The SMILES string of the molecule is CC(c1ccccc1F)N(C)Cc1ccc2c(c1)NCC2. The molecule has 2 nitrogen and oxygen atoms in total. The number of nitrogens with one attached hydrogen (secondary N) is 1. The first-order chi connectivity index (χ1) is 10.1. The molecular formula is C18H21FN2. The zero-order chi connectivity index (χ0) is 14.8. The Bertz CT molecular complexity index is 639. The Labute approximate surface area is 125 Å². The molecule has 1 aliphatic rings. The summed E-state index contributed by atoms with van der Waals surface area (Å²) < 4.78 is 13.9. The van der Waals surface area contributed by atoms with E-state index in [2.05, 4.69) is 28.4 Å². The summed E-state index contributed by atoms with van der Waals surface area (Å²) in [6.07, 6.45) is 1.11. The summed E-state index contributed by atoms with van der Waals surface area (Å²) in [5.41, 5.74) is 4.65. The molecule has 0 radical (unpaired) electrons. The molecule has 3 rings (SSSR count). The maximum atomic E-state index is 13.9. The van der Waals surface area contributed by atoms with E-state index in [-0.39, 0.29) is 11.9 Å². The van der Waals surface area contributed by atoms with Crippen LogP contribution >= 0.6 is 0 Å². The molecule has 0 amide bonds. The molecule has 21 heavy (non-hydrogen) atoms. The van der Waals surface area contributed by atoms with Gasteiger partial charge in [-0.1, -0.05) is 30.3 Å². The van der Waals surface area contributed by atoms with Crippen LogP contribution in [-0.4, -0.2) is 18.5 Å². The number of benzene rings is 2. The van der Waals surface area contributed by atoms with E-state index in [0.717, 1.165) is 25.1 Å². The Morgan fingerprint density at radius 2 is 2.05 bits per heavy atom. The topological polar surface area (TPSA) is 15.3 Å². The third-order valence-corrected chi connectivity index (χ3v) is 4.33. The smallest absolute Gasteiger partial charge is 0.127 e. The van der Waals surface area contributed by atoms with Gasteiger partial charge in [0.05, 0.1) is 0 Å². The molecule has 0 saturated heterocycles. The second kappa shape index (κ2) is 5.86. The normalized spacial score (nSPS) is 14.9. The van der Waals surface area contributed by atoms with Crippen molar-refractivity contribution in [3.63, 3.8) is 0 Å². The summed E-state index contributed by atoms with van der Waals surface area (Å²) in [6, 6.07) is 13.7. The first kappa shape index (κ1) is 14.1. The van der Waals surface area contributed by atoms with Gasteiger partial charge in [-0.15, -0.1) is 0 Å². The lowest BCUT2D eigenvalue weighted by Crippen LogP contribution is -2.22. The minimum absolute atomic E-state index is 0.0485. The van der Waals surface area contributed by atoms with Crippen LogP contribution in [0.5, 0.6) is 0 Å². The molecule has 1 aliphatic heterocycles. The van der Waals surface area contributed by atoms with Gasteiger partial charge in [0.25, 0.3) is 0 Å². The van der Waals surface area contributed by atoms with E-state index < -0.39 is 0 Å². The van der Waals surface area contributed by atoms with Crippen LogP contribution in [0.4, 0.5) is 10.1 Å². The first-order valence-corrected chi connectivity index (χ1v) is 7.45. The van der Waals surface area contributed by atoms with Crippen molar-refractivity contribution in [3.8, 4) is 0 Å². The number of fused-ring (bicyclic) bond motifs is 1. The fourth-order valence-corrected chi connectivity index (χ4v) is 2.91. The number of halogens is 1. The average Bonchev–Trinajstić information content (AvgIpc) is 2.94. The van der Waals surface area contributed by atoms with Crippen LogP contribution in [0.2, 0.25) is 0 Å². The van der Waals surface area contributed by atoms with Gasteiger partial charge in [-0.25, -0.2) is 4.39 Å². The average molecular weight is 284 g/mol. The van der Waals surface area contributed by atoms with Crippen LogP contribution in [0, 0.1) is 5.82 Å². The maximum absolute atomic E-state index is 13.9. The van der Waals surface area contributed by atoms with Crippen LogP contribution in [0.3, 0.4) is 0 Å². The molecule has 0 aliphatic carbocycles. The zero-order valence-corrected chi connectivity index (χ0v) is 12.6. The van der Waals surface area contributed by atoms with E-state index in [1.807, 2.05) is 26.1 Å². The van der Waals surface area contributed by atoms with E-state index in [0.29, 0.717) is 0 Å². The Morgan fingerprint density at radius 3 is 2.86 bits per heavy atom. The molecule has 1 unspecified atom stereocenters. The van der Waals surface area contributed by atoms with Crippen LogP contribution in [0.1, 0.15) is 29.7 Å². The lowest BCUT2D eigenvalue weighted by atomic mass is 10.0. The fourth-order valence-electron chi connectivity index (χ4n) is 2.91. The van der Waals surface area contributed by atoms with Crippen LogP contribution < -0.4 is 5.32 Å². The van der Waals surface area contributed by atoms with Gasteiger partial charge < -0.3 is 5.32 Å². The van der Waals surface area contributed by atoms with Crippen molar-refractivity contribution in [3.05, 3.63) is 65.0 Å². The minimum Gasteiger partial charge on any atom is -0.384 e. The van der Waals surface area contributed by atoms with Crippen molar-refractivity contribution in [2.75, 3.05) is 18.9 Å². The van der Waals surface area contributed by atoms with E-state index in [9.17, 15) is 4.39 Å². The van der Waals surface area contributed by atoms with Gasteiger partial charge in [-0.2, -0.15) is 0 Å². The monoisotopic (exact) mass is 284 g/mol. The molecule has 0 saturated carbocycles.